The fraction of sp³-hybridized carbons (Fsp3) is 0.344. The van der Waals surface area contributed by atoms with Crippen LogP contribution in [0.2, 0.25) is 0 Å². The number of likely N-dealkylation sites (tertiary alicyclic amines) is 1. The second kappa shape index (κ2) is 11.3. The zero-order chi connectivity index (χ0) is 28.3. The number of amides is 1. The zero-order valence-corrected chi connectivity index (χ0v) is 23.6. The molecule has 7 heteroatoms. The van der Waals surface area contributed by atoms with E-state index in [9.17, 15) is 14.7 Å². The van der Waals surface area contributed by atoms with Crippen molar-refractivity contribution >= 4 is 23.1 Å². The van der Waals surface area contributed by atoms with Gasteiger partial charge in [0.15, 0.2) is 0 Å². The van der Waals surface area contributed by atoms with Gasteiger partial charge >= 0.3 is 0 Å². The number of methoxy groups -OCH3 is 1. The molecule has 2 heterocycles. The van der Waals surface area contributed by atoms with Crippen molar-refractivity contribution in [3.63, 3.8) is 0 Å². The van der Waals surface area contributed by atoms with Crippen LogP contribution < -0.4 is 9.64 Å². The quantitative estimate of drug-likeness (QED) is 0.225. The van der Waals surface area contributed by atoms with Crippen LogP contribution in [0.5, 0.6) is 5.75 Å². The second-order valence-corrected chi connectivity index (χ2v) is 10.7. The molecule has 3 aromatic rings. The van der Waals surface area contributed by atoms with Crippen LogP contribution in [0.1, 0.15) is 62.9 Å². The van der Waals surface area contributed by atoms with Crippen molar-refractivity contribution in [1.29, 1.82) is 0 Å². The lowest BCUT2D eigenvalue weighted by atomic mass is 9.85. The number of rotatable bonds is 8. The maximum Gasteiger partial charge on any atom is 0.295 e. The summed E-state index contributed by atoms with van der Waals surface area (Å²) in [6.07, 6.45) is 3.31. The summed E-state index contributed by atoms with van der Waals surface area (Å²) in [5, 5.41) is 11.7. The zero-order valence-electron chi connectivity index (χ0n) is 23.6. The molecule has 2 aromatic carbocycles. The summed E-state index contributed by atoms with van der Waals surface area (Å²) in [6.45, 7) is 12.3. The van der Waals surface area contributed by atoms with Crippen molar-refractivity contribution in [2.75, 3.05) is 25.1 Å². The molecular weight excluding hydrogens is 490 g/mol. The van der Waals surface area contributed by atoms with E-state index in [-0.39, 0.29) is 23.3 Å². The number of carbonyl (C=O) groups excluding carboxylic acids is 2. The number of aliphatic hydroxyl groups is 1. The minimum absolute atomic E-state index is 0.0500. The summed E-state index contributed by atoms with van der Waals surface area (Å²) >= 11 is 0. The van der Waals surface area contributed by atoms with Crippen LogP contribution in [0.15, 0.2) is 72.6 Å². The van der Waals surface area contributed by atoms with Crippen molar-refractivity contribution in [2.24, 2.45) is 0 Å². The Labute approximate surface area is 230 Å². The van der Waals surface area contributed by atoms with E-state index in [0.29, 0.717) is 11.3 Å². The molecule has 1 aliphatic rings. The molecule has 39 heavy (non-hydrogen) atoms. The second-order valence-electron chi connectivity index (χ2n) is 10.7. The topological polar surface area (TPSA) is 83.0 Å². The third-order valence-corrected chi connectivity index (χ3v) is 7.30. The molecule has 1 atom stereocenters. The number of aromatic nitrogens is 1. The van der Waals surface area contributed by atoms with Crippen LogP contribution in [-0.4, -0.2) is 46.9 Å². The molecule has 1 saturated heterocycles. The Morgan fingerprint density at radius 2 is 1.64 bits per heavy atom. The molecule has 1 amide bonds. The summed E-state index contributed by atoms with van der Waals surface area (Å²) in [7, 11) is 1.52. The fourth-order valence-corrected chi connectivity index (χ4v) is 5.04. The van der Waals surface area contributed by atoms with E-state index in [1.165, 1.54) is 12.0 Å². The highest BCUT2D eigenvalue weighted by Gasteiger charge is 2.46. The summed E-state index contributed by atoms with van der Waals surface area (Å²) in [5.74, 6) is -1.19. The van der Waals surface area contributed by atoms with Gasteiger partial charge in [-0.2, -0.15) is 0 Å². The van der Waals surface area contributed by atoms with E-state index >= 15 is 0 Å². The monoisotopic (exact) mass is 527 g/mol. The van der Waals surface area contributed by atoms with Gasteiger partial charge < -0.3 is 19.6 Å². The third-order valence-electron chi connectivity index (χ3n) is 7.30. The molecule has 1 aromatic heterocycles. The number of anilines is 1. The molecule has 0 bridgehead atoms. The van der Waals surface area contributed by atoms with E-state index in [0.717, 1.165) is 35.5 Å². The molecule has 0 spiro atoms. The van der Waals surface area contributed by atoms with Crippen molar-refractivity contribution in [3.8, 4) is 5.75 Å². The summed E-state index contributed by atoms with van der Waals surface area (Å²) in [5.41, 5.74) is 3.83. The van der Waals surface area contributed by atoms with Crippen LogP contribution in [-0.2, 0) is 21.5 Å². The summed E-state index contributed by atoms with van der Waals surface area (Å²) in [6, 6.07) is 16.3. The molecule has 1 unspecified atom stereocenters. The highest BCUT2D eigenvalue weighted by Crippen LogP contribution is 2.42. The van der Waals surface area contributed by atoms with Crippen molar-refractivity contribution in [2.45, 2.75) is 52.6 Å². The minimum atomic E-state index is -0.771. The maximum atomic E-state index is 13.6. The van der Waals surface area contributed by atoms with Crippen LogP contribution in [0.3, 0.4) is 0 Å². The minimum Gasteiger partial charge on any atom is -0.507 e. The number of aliphatic hydroxyl groups excluding tert-OH is 1. The number of Topliss-reactive ketones (excluding diaryl/α,β-unsaturated/α-hetero) is 1. The Kier molecular flexibility index (Phi) is 8.09. The molecule has 4 rings (SSSR count). The molecule has 0 aliphatic carbocycles. The third kappa shape index (κ3) is 5.53. The number of ether oxygens (including phenoxy) is 1. The van der Waals surface area contributed by atoms with Crippen molar-refractivity contribution < 1.29 is 19.4 Å². The first-order valence-electron chi connectivity index (χ1n) is 13.3. The first kappa shape index (κ1) is 27.9. The van der Waals surface area contributed by atoms with Gasteiger partial charge in [0, 0.05) is 37.7 Å². The molecule has 1 aliphatic heterocycles. The lowest BCUT2D eigenvalue weighted by Crippen LogP contribution is -2.29. The Balaban J connectivity index is 1.91. The van der Waals surface area contributed by atoms with Gasteiger partial charge in [0.2, 0.25) is 0 Å². The van der Waals surface area contributed by atoms with E-state index in [4.69, 9.17) is 4.74 Å². The predicted octanol–water partition coefficient (Wildman–Crippen LogP) is 5.86. The molecule has 204 valence electrons. The molecule has 7 nitrogen and oxygen atoms in total. The van der Waals surface area contributed by atoms with E-state index < -0.39 is 17.7 Å². The lowest BCUT2D eigenvalue weighted by Gasteiger charge is -2.27. The Hall–Kier alpha value is -4.13. The predicted molar refractivity (Wildman–Crippen MR) is 154 cm³/mol. The number of nitrogens with zero attached hydrogens (tertiary/aromatic N) is 3. The number of ketones is 1. The largest absolute Gasteiger partial charge is 0.507 e. The van der Waals surface area contributed by atoms with E-state index in [2.05, 4.69) is 44.5 Å². The smallest absolute Gasteiger partial charge is 0.295 e. The van der Waals surface area contributed by atoms with Gasteiger partial charge in [-0.25, -0.2) is 0 Å². The number of hydrogen-bond acceptors (Lipinski definition) is 6. The van der Waals surface area contributed by atoms with Gasteiger partial charge in [-0.15, -0.1) is 0 Å². The van der Waals surface area contributed by atoms with E-state index in [1.807, 2.05) is 48.5 Å². The van der Waals surface area contributed by atoms with Crippen LogP contribution in [0, 0.1) is 0 Å². The Morgan fingerprint density at radius 3 is 2.21 bits per heavy atom. The molecular formula is C32H37N3O4. The summed E-state index contributed by atoms with van der Waals surface area (Å²) in [4.78, 5) is 34.9. The van der Waals surface area contributed by atoms with Crippen molar-refractivity contribution in [1.82, 2.24) is 9.88 Å². The van der Waals surface area contributed by atoms with Gasteiger partial charge in [-0.1, -0.05) is 39.0 Å². The van der Waals surface area contributed by atoms with Gasteiger partial charge in [-0.3, -0.25) is 14.6 Å². The Morgan fingerprint density at radius 1 is 1.00 bits per heavy atom. The van der Waals surface area contributed by atoms with Crippen LogP contribution in [0.25, 0.3) is 5.76 Å². The maximum absolute atomic E-state index is 13.6. The van der Waals surface area contributed by atoms with Gasteiger partial charge in [0.1, 0.15) is 11.5 Å². The highest BCUT2D eigenvalue weighted by molar-refractivity contribution is 6.46. The normalized spacial score (nSPS) is 17.0. The standard InChI is InChI=1S/C32H37N3O4/c1-7-34(8-2)24-12-9-22(10-13-24)28-27(30(37)31(38)35(28)20-21-15-17-33-18-16-21)29(36)25-19-23(32(3,4)5)11-14-26(25)39-6/h9-19,28,36H,7-8,20H2,1-6H3/b29-27+. The number of benzene rings is 2. The first-order chi connectivity index (χ1) is 18.6. The molecule has 1 N–H and O–H groups in total. The number of pyridine rings is 1. The fourth-order valence-electron chi connectivity index (χ4n) is 5.04. The summed E-state index contributed by atoms with van der Waals surface area (Å²) < 4.78 is 5.57. The van der Waals surface area contributed by atoms with Gasteiger partial charge in [0.25, 0.3) is 11.7 Å². The highest BCUT2D eigenvalue weighted by atomic mass is 16.5. The van der Waals surface area contributed by atoms with Gasteiger partial charge in [0.05, 0.1) is 24.3 Å². The average Bonchev–Trinajstić information content (AvgIpc) is 3.18. The SMILES string of the molecule is CCN(CC)c1ccc(C2/C(=C(\O)c3cc(C(C)(C)C)ccc3OC)C(=O)C(=O)N2Cc2ccncc2)cc1. The molecule has 0 radical (unpaired) electrons. The number of hydrogen-bond donors (Lipinski definition) is 1. The van der Waals surface area contributed by atoms with Gasteiger partial charge in [-0.05, 0) is 72.4 Å². The lowest BCUT2D eigenvalue weighted by molar-refractivity contribution is -0.140. The van der Waals surface area contributed by atoms with Crippen LogP contribution in [0.4, 0.5) is 5.69 Å². The van der Waals surface area contributed by atoms with Crippen LogP contribution >= 0.6 is 0 Å². The molecule has 1 fully saturated rings. The molecule has 0 saturated carbocycles. The first-order valence-corrected chi connectivity index (χ1v) is 13.3. The average molecular weight is 528 g/mol. The Bertz CT molecular complexity index is 1370. The number of carbonyl (C=O) groups is 2. The van der Waals surface area contributed by atoms with E-state index in [1.54, 1.807) is 18.5 Å². The van der Waals surface area contributed by atoms with Crippen molar-refractivity contribution in [3.05, 3.63) is 94.8 Å².